The van der Waals surface area contributed by atoms with E-state index in [2.05, 4.69) is 20.8 Å². The Morgan fingerprint density at radius 2 is 2.00 bits per heavy atom. The molecular formula is C16H17N5O3S. The monoisotopic (exact) mass is 359 g/mol. The summed E-state index contributed by atoms with van der Waals surface area (Å²) in [4.78, 5) is 38.0. The van der Waals surface area contributed by atoms with E-state index in [1.165, 1.54) is 11.3 Å². The van der Waals surface area contributed by atoms with E-state index in [4.69, 9.17) is 0 Å². The molecule has 0 aliphatic carbocycles. The first-order chi connectivity index (χ1) is 11.9. The molecule has 1 aliphatic rings. The predicted octanol–water partition coefficient (Wildman–Crippen LogP) is 1.51. The zero-order valence-electron chi connectivity index (χ0n) is 13.8. The summed E-state index contributed by atoms with van der Waals surface area (Å²) < 4.78 is 0. The number of aromatic nitrogens is 2. The lowest BCUT2D eigenvalue weighted by Crippen LogP contribution is -2.42. The molecule has 2 aromatic rings. The fraction of sp³-hybridized carbons (Fsp3) is 0.312. The number of nitrogens with one attached hydrogen (secondary N) is 2. The summed E-state index contributed by atoms with van der Waals surface area (Å²) in [6.07, 6.45) is 0.718. The van der Waals surface area contributed by atoms with Crippen LogP contribution in [0, 0.1) is 0 Å². The maximum absolute atomic E-state index is 12.7. The van der Waals surface area contributed by atoms with Gasteiger partial charge in [0.15, 0.2) is 0 Å². The van der Waals surface area contributed by atoms with Crippen LogP contribution in [0.4, 0.5) is 9.93 Å². The molecule has 1 fully saturated rings. The molecule has 0 saturated carbocycles. The molecule has 4 amide bonds. The molecule has 25 heavy (non-hydrogen) atoms. The lowest BCUT2D eigenvalue weighted by Gasteiger charge is -2.21. The van der Waals surface area contributed by atoms with Gasteiger partial charge in [-0.2, -0.15) is 0 Å². The van der Waals surface area contributed by atoms with Crippen molar-refractivity contribution >= 4 is 34.3 Å². The van der Waals surface area contributed by atoms with E-state index in [-0.39, 0.29) is 6.54 Å². The van der Waals surface area contributed by atoms with Gasteiger partial charge >= 0.3 is 6.03 Å². The standard InChI is InChI=1S/C16H17N5O3S/c1-3-12-19-20-14(25-12)17-11(22)9-21-13(23)16(2,18-15(21)24)10-7-5-4-6-8-10/h4-8H,3,9H2,1-2H3,(H,18,24)(H,17,20,22)/t16-/m1/s1. The van der Waals surface area contributed by atoms with Gasteiger partial charge in [0.2, 0.25) is 11.0 Å². The van der Waals surface area contributed by atoms with Crippen molar-refractivity contribution in [3.05, 3.63) is 40.9 Å². The van der Waals surface area contributed by atoms with Crippen molar-refractivity contribution in [3.63, 3.8) is 0 Å². The lowest BCUT2D eigenvalue weighted by molar-refractivity contribution is -0.133. The molecule has 3 rings (SSSR count). The van der Waals surface area contributed by atoms with Crippen LogP contribution in [0.2, 0.25) is 0 Å². The van der Waals surface area contributed by atoms with E-state index in [0.717, 1.165) is 16.3 Å². The number of amides is 4. The fourth-order valence-electron chi connectivity index (χ4n) is 2.56. The third-order valence-electron chi connectivity index (χ3n) is 3.94. The summed E-state index contributed by atoms with van der Waals surface area (Å²) in [5, 5.41) is 14.1. The van der Waals surface area contributed by atoms with Crippen molar-refractivity contribution in [2.45, 2.75) is 25.8 Å². The van der Waals surface area contributed by atoms with Gasteiger partial charge in [-0.1, -0.05) is 48.6 Å². The van der Waals surface area contributed by atoms with Gasteiger partial charge in [-0.05, 0) is 18.9 Å². The van der Waals surface area contributed by atoms with Crippen LogP contribution in [0.5, 0.6) is 0 Å². The molecule has 1 aromatic heterocycles. The van der Waals surface area contributed by atoms with E-state index in [1.54, 1.807) is 31.2 Å². The number of carbonyl (C=O) groups is 3. The normalized spacial score (nSPS) is 19.8. The molecule has 0 spiro atoms. The molecule has 8 nitrogen and oxygen atoms in total. The third-order valence-corrected chi connectivity index (χ3v) is 4.93. The van der Waals surface area contributed by atoms with Crippen molar-refractivity contribution in [2.24, 2.45) is 0 Å². The SMILES string of the molecule is CCc1nnc(NC(=O)CN2C(=O)N[C@](C)(c3ccccc3)C2=O)s1. The molecule has 0 bridgehead atoms. The van der Waals surface area contributed by atoms with E-state index in [9.17, 15) is 14.4 Å². The zero-order valence-corrected chi connectivity index (χ0v) is 14.6. The number of aryl methyl sites for hydroxylation is 1. The second-order valence-corrected chi connectivity index (χ2v) is 6.78. The molecule has 0 radical (unpaired) electrons. The first-order valence-corrected chi connectivity index (χ1v) is 8.57. The van der Waals surface area contributed by atoms with Crippen molar-refractivity contribution in [1.29, 1.82) is 0 Å². The second kappa shape index (κ2) is 6.60. The first-order valence-electron chi connectivity index (χ1n) is 7.76. The van der Waals surface area contributed by atoms with Gasteiger partial charge in [0.25, 0.3) is 5.91 Å². The number of nitrogens with zero attached hydrogens (tertiary/aromatic N) is 3. The Balaban J connectivity index is 1.71. The number of anilines is 1. The fourth-order valence-corrected chi connectivity index (χ4v) is 3.25. The Kier molecular flexibility index (Phi) is 4.49. The van der Waals surface area contributed by atoms with Gasteiger partial charge < -0.3 is 5.32 Å². The summed E-state index contributed by atoms with van der Waals surface area (Å²) in [5.74, 6) is -0.968. The maximum atomic E-state index is 12.7. The Labute approximate surface area is 148 Å². The smallest absolute Gasteiger partial charge is 0.319 e. The average molecular weight is 359 g/mol. The average Bonchev–Trinajstić information content (AvgIpc) is 3.14. The number of hydrogen-bond acceptors (Lipinski definition) is 6. The number of benzene rings is 1. The van der Waals surface area contributed by atoms with Crippen LogP contribution in [-0.4, -0.2) is 39.5 Å². The highest BCUT2D eigenvalue weighted by atomic mass is 32.1. The predicted molar refractivity (Wildman–Crippen MR) is 92.0 cm³/mol. The molecule has 0 unspecified atom stereocenters. The van der Waals surface area contributed by atoms with Crippen LogP contribution < -0.4 is 10.6 Å². The summed E-state index contributed by atoms with van der Waals surface area (Å²) >= 11 is 1.26. The molecule has 1 saturated heterocycles. The van der Waals surface area contributed by atoms with E-state index < -0.39 is 23.4 Å². The minimum Gasteiger partial charge on any atom is -0.319 e. The van der Waals surface area contributed by atoms with Crippen molar-refractivity contribution in [1.82, 2.24) is 20.4 Å². The molecule has 2 N–H and O–H groups in total. The molecule has 9 heteroatoms. The number of urea groups is 1. The topological polar surface area (TPSA) is 104 Å². The van der Waals surface area contributed by atoms with Gasteiger partial charge in [-0.15, -0.1) is 10.2 Å². The van der Waals surface area contributed by atoms with E-state index >= 15 is 0 Å². The third kappa shape index (κ3) is 3.22. The van der Waals surface area contributed by atoms with Crippen LogP contribution in [0.1, 0.15) is 24.4 Å². The van der Waals surface area contributed by atoms with Gasteiger partial charge in [-0.25, -0.2) is 4.79 Å². The molecular weight excluding hydrogens is 342 g/mol. The first kappa shape index (κ1) is 17.0. The highest BCUT2D eigenvalue weighted by Gasteiger charge is 2.49. The largest absolute Gasteiger partial charge is 0.325 e. The van der Waals surface area contributed by atoms with Crippen LogP contribution in [-0.2, 0) is 21.5 Å². The van der Waals surface area contributed by atoms with E-state index in [1.807, 2.05) is 13.0 Å². The maximum Gasteiger partial charge on any atom is 0.325 e. The highest BCUT2D eigenvalue weighted by Crippen LogP contribution is 2.28. The molecule has 1 aromatic carbocycles. The van der Waals surface area contributed by atoms with Crippen molar-refractivity contribution in [2.75, 3.05) is 11.9 Å². The Hall–Kier alpha value is -2.81. The van der Waals surface area contributed by atoms with Crippen LogP contribution in [0.25, 0.3) is 0 Å². The van der Waals surface area contributed by atoms with Crippen LogP contribution >= 0.6 is 11.3 Å². The molecule has 2 heterocycles. The van der Waals surface area contributed by atoms with Gasteiger partial charge in [0, 0.05) is 0 Å². The van der Waals surface area contributed by atoms with E-state index in [0.29, 0.717) is 10.7 Å². The second-order valence-electron chi connectivity index (χ2n) is 5.72. The number of imide groups is 1. The van der Waals surface area contributed by atoms with Crippen molar-refractivity contribution in [3.8, 4) is 0 Å². The van der Waals surface area contributed by atoms with Gasteiger partial charge in [0.1, 0.15) is 17.1 Å². The zero-order chi connectivity index (χ0) is 18.0. The van der Waals surface area contributed by atoms with Gasteiger partial charge in [-0.3, -0.25) is 19.8 Å². The lowest BCUT2D eigenvalue weighted by atomic mass is 9.92. The summed E-state index contributed by atoms with van der Waals surface area (Å²) in [7, 11) is 0. The number of hydrogen-bond donors (Lipinski definition) is 2. The Morgan fingerprint density at radius 1 is 1.28 bits per heavy atom. The number of carbonyl (C=O) groups excluding carboxylic acids is 3. The highest BCUT2D eigenvalue weighted by molar-refractivity contribution is 7.15. The minimum atomic E-state index is -1.18. The van der Waals surface area contributed by atoms with Crippen LogP contribution in [0.3, 0.4) is 0 Å². The minimum absolute atomic E-state index is 0.347. The molecule has 130 valence electrons. The molecule has 1 aliphatic heterocycles. The summed E-state index contributed by atoms with van der Waals surface area (Å²) in [6, 6.07) is 8.32. The molecule has 1 atom stereocenters. The Bertz CT molecular complexity index is 822. The van der Waals surface area contributed by atoms with Gasteiger partial charge in [0.05, 0.1) is 0 Å². The van der Waals surface area contributed by atoms with Crippen LogP contribution in [0.15, 0.2) is 30.3 Å². The Morgan fingerprint density at radius 3 is 2.64 bits per heavy atom. The summed E-state index contributed by atoms with van der Waals surface area (Å²) in [5.41, 5.74) is -0.524. The summed E-state index contributed by atoms with van der Waals surface area (Å²) in [6.45, 7) is 3.18. The quantitative estimate of drug-likeness (QED) is 0.788. The van der Waals surface area contributed by atoms with Crippen molar-refractivity contribution < 1.29 is 14.4 Å². The number of rotatable bonds is 5.